The number of methoxy groups -OCH3 is 1. The molecule has 1 aromatic carbocycles. The SMILES string of the molecule is COc1ccc(C23CC(F)(C2)C3)c(C2CCCCC2)c1. The molecule has 0 amide bonds. The van der Waals surface area contributed by atoms with Gasteiger partial charge in [0.05, 0.1) is 7.11 Å². The number of hydrogen-bond donors (Lipinski definition) is 0. The largest absolute Gasteiger partial charge is 0.497 e. The third-order valence-corrected chi connectivity index (χ3v) is 5.84. The number of ether oxygens (including phenoxy) is 1. The predicted molar refractivity (Wildman–Crippen MR) is 78.2 cm³/mol. The van der Waals surface area contributed by atoms with Gasteiger partial charge in [0.2, 0.25) is 0 Å². The summed E-state index contributed by atoms with van der Waals surface area (Å²) >= 11 is 0. The quantitative estimate of drug-likeness (QED) is 0.762. The summed E-state index contributed by atoms with van der Waals surface area (Å²) in [4.78, 5) is 0. The Hall–Kier alpha value is -1.05. The number of alkyl halides is 1. The van der Waals surface area contributed by atoms with Crippen molar-refractivity contribution in [2.24, 2.45) is 0 Å². The van der Waals surface area contributed by atoms with Gasteiger partial charge in [-0.15, -0.1) is 0 Å². The lowest BCUT2D eigenvalue weighted by Crippen LogP contribution is -2.67. The third kappa shape index (κ3) is 1.73. The maximum absolute atomic E-state index is 13.9. The van der Waals surface area contributed by atoms with Gasteiger partial charge in [0.25, 0.3) is 0 Å². The summed E-state index contributed by atoms with van der Waals surface area (Å²) < 4.78 is 19.3. The fourth-order valence-electron chi connectivity index (χ4n) is 4.85. The van der Waals surface area contributed by atoms with E-state index in [0.29, 0.717) is 5.92 Å². The summed E-state index contributed by atoms with van der Waals surface area (Å²) in [5, 5.41) is 0. The van der Waals surface area contributed by atoms with Crippen LogP contribution in [0.15, 0.2) is 18.2 Å². The molecule has 0 N–H and O–H groups in total. The molecule has 4 fully saturated rings. The summed E-state index contributed by atoms with van der Waals surface area (Å²) in [6, 6.07) is 6.52. The van der Waals surface area contributed by atoms with Gasteiger partial charge in [-0.3, -0.25) is 0 Å². The summed E-state index contributed by atoms with van der Waals surface area (Å²) in [5.74, 6) is 1.62. The third-order valence-electron chi connectivity index (χ3n) is 5.84. The van der Waals surface area contributed by atoms with E-state index >= 15 is 0 Å². The fraction of sp³-hybridized carbons (Fsp3) is 0.667. The Labute approximate surface area is 120 Å². The second-order valence-corrected chi connectivity index (χ2v) is 7.25. The molecule has 4 aliphatic carbocycles. The first-order chi connectivity index (χ1) is 9.64. The monoisotopic (exact) mass is 274 g/mol. The second kappa shape index (κ2) is 4.22. The van der Waals surface area contributed by atoms with Gasteiger partial charge in [0.15, 0.2) is 0 Å². The standard InChI is InChI=1S/C18H23FO/c1-20-14-7-8-16(17-10-18(19,11-17)12-17)15(9-14)13-5-3-2-4-6-13/h7-9,13H,2-6,10-12H2,1H3. The van der Waals surface area contributed by atoms with Crippen LogP contribution in [0.2, 0.25) is 0 Å². The lowest BCUT2D eigenvalue weighted by Gasteiger charge is -2.66. The Morgan fingerprint density at radius 1 is 1.10 bits per heavy atom. The average Bonchev–Trinajstić information content (AvgIpc) is 2.43. The molecule has 4 saturated carbocycles. The van der Waals surface area contributed by atoms with Gasteiger partial charge >= 0.3 is 0 Å². The minimum absolute atomic E-state index is 0.174. The van der Waals surface area contributed by atoms with Crippen molar-refractivity contribution in [3.63, 3.8) is 0 Å². The second-order valence-electron chi connectivity index (χ2n) is 7.25. The van der Waals surface area contributed by atoms with Crippen LogP contribution in [0.5, 0.6) is 5.75 Å². The Bertz CT molecular complexity index is 510. The van der Waals surface area contributed by atoms with Gasteiger partial charge in [-0.05, 0) is 61.3 Å². The Kier molecular flexibility index (Phi) is 2.68. The van der Waals surface area contributed by atoms with Crippen molar-refractivity contribution in [3.8, 4) is 5.75 Å². The Morgan fingerprint density at radius 2 is 1.80 bits per heavy atom. The van der Waals surface area contributed by atoms with E-state index in [0.717, 1.165) is 25.0 Å². The molecule has 0 heterocycles. The van der Waals surface area contributed by atoms with Gasteiger partial charge in [-0.2, -0.15) is 0 Å². The smallest absolute Gasteiger partial charge is 0.119 e. The molecule has 2 bridgehead atoms. The maximum atomic E-state index is 13.9. The van der Waals surface area contributed by atoms with Crippen molar-refractivity contribution in [2.45, 2.75) is 68.4 Å². The van der Waals surface area contributed by atoms with Crippen molar-refractivity contribution >= 4 is 0 Å². The van der Waals surface area contributed by atoms with E-state index in [4.69, 9.17) is 4.74 Å². The van der Waals surface area contributed by atoms with Gasteiger partial charge in [-0.25, -0.2) is 4.39 Å². The first kappa shape index (κ1) is 12.7. The van der Waals surface area contributed by atoms with Gasteiger partial charge < -0.3 is 4.74 Å². The summed E-state index contributed by atoms with van der Waals surface area (Å²) in [6.07, 6.45) is 8.88. The van der Waals surface area contributed by atoms with E-state index in [1.54, 1.807) is 7.11 Å². The molecule has 0 aliphatic heterocycles. The maximum Gasteiger partial charge on any atom is 0.119 e. The Morgan fingerprint density at radius 3 is 2.40 bits per heavy atom. The molecule has 0 unspecified atom stereocenters. The molecule has 20 heavy (non-hydrogen) atoms. The molecule has 0 atom stereocenters. The lowest BCUT2D eigenvalue weighted by molar-refractivity contribution is -0.158. The summed E-state index contributed by atoms with van der Waals surface area (Å²) in [6.45, 7) is 0. The van der Waals surface area contributed by atoms with E-state index in [-0.39, 0.29) is 5.41 Å². The van der Waals surface area contributed by atoms with Gasteiger partial charge in [0, 0.05) is 5.41 Å². The zero-order valence-corrected chi connectivity index (χ0v) is 12.3. The Balaban J connectivity index is 1.70. The van der Waals surface area contributed by atoms with Crippen molar-refractivity contribution in [3.05, 3.63) is 29.3 Å². The van der Waals surface area contributed by atoms with E-state index in [2.05, 4.69) is 18.2 Å². The predicted octanol–water partition coefficient (Wildman–Crippen LogP) is 4.89. The average molecular weight is 274 g/mol. The van der Waals surface area contributed by atoms with E-state index in [9.17, 15) is 4.39 Å². The molecule has 108 valence electrons. The molecule has 5 rings (SSSR count). The fourth-order valence-corrected chi connectivity index (χ4v) is 4.85. The molecule has 0 saturated heterocycles. The molecule has 4 aliphatic rings. The van der Waals surface area contributed by atoms with Crippen molar-refractivity contribution < 1.29 is 9.13 Å². The summed E-state index contributed by atoms with van der Waals surface area (Å²) in [7, 11) is 1.73. The van der Waals surface area contributed by atoms with E-state index in [1.165, 1.54) is 43.2 Å². The first-order valence-corrected chi connectivity index (χ1v) is 8.02. The molecule has 1 nitrogen and oxygen atoms in total. The molecule has 1 aromatic rings. The number of rotatable bonds is 3. The number of hydrogen-bond acceptors (Lipinski definition) is 1. The topological polar surface area (TPSA) is 9.23 Å². The van der Waals surface area contributed by atoms with E-state index < -0.39 is 5.67 Å². The minimum Gasteiger partial charge on any atom is -0.497 e. The van der Waals surface area contributed by atoms with Crippen molar-refractivity contribution in [1.82, 2.24) is 0 Å². The van der Waals surface area contributed by atoms with Crippen LogP contribution in [-0.4, -0.2) is 12.8 Å². The van der Waals surface area contributed by atoms with Crippen LogP contribution >= 0.6 is 0 Å². The molecule has 0 radical (unpaired) electrons. The van der Waals surface area contributed by atoms with Crippen LogP contribution in [0.25, 0.3) is 0 Å². The highest BCUT2D eigenvalue weighted by Gasteiger charge is 2.70. The van der Waals surface area contributed by atoms with Crippen LogP contribution in [0.1, 0.15) is 68.4 Å². The van der Waals surface area contributed by atoms with Crippen LogP contribution in [0.3, 0.4) is 0 Å². The van der Waals surface area contributed by atoms with Crippen molar-refractivity contribution in [1.29, 1.82) is 0 Å². The van der Waals surface area contributed by atoms with Crippen LogP contribution < -0.4 is 4.74 Å². The first-order valence-electron chi connectivity index (χ1n) is 8.02. The molecular formula is C18H23FO. The van der Waals surface area contributed by atoms with Crippen molar-refractivity contribution in [2.75, 3.05) is 7.11 Å². The van der Waals surface area contributed by atoms with Gasteiger partial charge in [0.1, 0.15) is 11.4 Å². The molecule has 0 aromatic heterocycles. The van der Waals surface area contributed by atoms with Crippen LogP contribution in [-0.2, 0) is 5.41 Å². The highest BCUT2D eigenvalue weighted by atomic mass is 19.1. The highest BCUT2D eigenvalue weighted by Crippen LogP contribution is 2.70. The normalized spacial score (nSPS) is 36.1. The molecule has 2 heteroatoms. The zero-order valence-electron chi connectivity index (χ0n) is 12.3. The summed E-state index contributed by atoms with van der Waals surface area (Å²) in [5.41, 5.74) is 2.26. The van der Waals surface area contributed by atoms with E-state index in [1.807, 2.05) is 0 Å². The number of benzene rings is 1. The molecular weight excluding hydrogens is 251 g/mol. The minimum atomic E-state index is -0.816. The highest BCUT2D eigenvalue weighted by molar-refractivity contribution is 5.49. The van der Waals surface area contributed by atoms with Gasteiger partial charge in [-0.1, -0.05) is 25.3 Å². The molecule has 0 spiro atoms. The lowest BCUT2D eigenvalue weighted by atomic mass is 9.39. The number of halogens is 1. The van der Waals surface area contributed by atoms with Crippen LogP contribution in [0, 0.1) is 0 Å². The zero-order chi connectivity index (χ0) is 13.8. The van der Waals surface area contributed by atoms with Crippen LogP contribution in [0.4, 0.5) is 4.39 Å².